The summed E-state index contributed by atoms with van der Waals surface area (Å²) in [6.45, 7) is 3.22. The lowest BCUT2D eigenvalue weighted by Gasteiger charge is -2.35. The van der Waals surface area contributed by atoms with Crippen LogP contribution >= 0.6 is 27.3 Å². The number of rotatable bonds is 4. The molecule has 1 aliphatic carbocycles. The minimum atomic E-state index is -1.16. The average Bonchev–Trinajstić information content (AvgIpc) is 3.40. The molecule has 10 heteroatoms. The molecular formula is C18H21BrN4O4S. The van der Waals surface area contributed by atoms with Crippen LogP contribution in [0, 0.1) is 5.92 Å². The molecule has 0 radical (unpaired) electrons. The number of urea groups is 1. The van der Waals surface area contributed by atoms with E-state index in [1.165, 1.54) is 11.3 Å². The highest BCUT2D eigenvalue weighted by Gasteiger charge is 2.50. The third-order valence-electron chi connectivity index (χ3n) is 5.50. The van der Waals surface area contributed by atoms with Crippen molar-refractivity contribution in [3.8, 4) is 0 Å². The predicted molar refractivity (Wildman–Crippen MR) is 105 cm³/mol. The van der Waals surface area contributed by atoms with Gasteiger partial charge in [-0.3, -0.25) is 19.3 Å². The van der Waals surface area contributed by atoms with Gasteiger partial charge in [-0.05, 0) is 47.8 Å². The van der Waals surface area contributed by atoms with E-state index in [0.717, 1.165) is 21.5 Å². The Morgan fingerprint density at radius 2 is 1.82 bits per heavy atom. The van der Waals surface area contributed by atoms with Gasteiger partial charge in [0, 0.05) is 37.0 Å². The van der Waals surface area contributed by atoms with E-state index in [1.54, 1.807) is 22.8 Å². The van der Waals surface area contributed by atoms with E-state index in [0.29, 0.717) is 31.1 Å². The first-order valence-corrected chi connectivity index (χ1v) is 10.9. The zero-order valence-electron chi connectivity index (χ0n) is 15.4. The number of halogens is 1. The van der Waals surface area contributed by atoms with E-state index < -0.39 is 17.5 Å². The van der Waals surface area contributed by atoms with Crippen LogP contribution in [-0.2, 0) is 19.9 Å². The first-order chi connectivity index (χ1) is 13.3. The maximum Gasteiger partial charge on any atom is 0.325 e. The summed E-state index contributed by atoms with van der Waals surface area (Å²) in [5.74, 6) is -0.358. The SMILES string of the molecule is CC1(c2ccc(Br)s2)NC(=O)N(CC(=O)N2CCN(C(=O)C3CC3)CC2)C1=O. The summed E-state index contributed by atoms with van der Waals surface area (Å²) >= 11 is 4.74. The molecule has 28 heavy (non-hydrogen) atoms. The number of imide groups is 1. The third kappa shape index (κ3) is 3.43. The first-order valence-electron chi connectivity index (χ1n) is 9.26. The van der Waals surface area contributed by atoms with Crippen LogP contribution in [0.1, 0.15) is 24.6 Å². The summed E-state index contributed by atoms with van der Waals surface area (Å²) in [6.07, 6.45) is 1.92. The Labute approximate surface area is 175 Å². The van der Waals surface area contributed by atoms with Gasteiger partial charge >= 0.3 is 6.03 Å². The van der Waals surface area contributed by atoms with Crippen LogP contribution in [0.2, 0.25) is 0 Å². The molecule has 3 heterocycles. The normalized spacial score (nSPS) is 25.3. The smallest absolute Gasteiger partial charge is 0.325 e. The van der Waals surface area contributed by atoms with Gasteiger partial charge in [0.2, 0.25) is 11.8 Å². The Kier molecular flexibility index (Phi) is 4.95. The maximum absolute atomic E-state index is 12.9. The van der Waals surface area contributed by atoms with Gasteiger partial charge in [0.05, 0.1) is 3.79 Å². The minimum Gasteiger partial charge on any atom is -0.339 e. The van der Waals surface area contributed by atoms with Crippen LogP contribution in [0.3, 0.4) is 0 Å². The Morgan fingerprint density at radius 1 is 1.18 bits per heavy atom. The maximum atomic E-state index is 12.9. The fourth-order valence-electron chi connectivity index (χ4n) is 3.59. The molecule has 3 fully saturated rings. The van der Waals surface area contributed by atoms with Crippen molar-refractivity contribution in [2.45, 2.75) is 25.3 Å². The summed E-state index contributed by atoms with van der Waals surface area (Å²) in [7, 11) is 0. The number of carbonyl (C=O) groups is 4. The zero-order chi connectivity index (χ0) is 20.1. The molecule has 5 amide bonds. The quantitative estimate of drug-likeness (QED) is 0.675. The molecule has 1 atom stereocenters. The van der Waals surface area contributed by atoms with Crippen LogP contribution in [0.4, 0.5) is 4.79 Å². The van der Waals surface area contributed by atoms with E-state index in [9.17, 15) is 19.2 Å². The van der Waals surface area contributed by atoms with Crippen molar-refractivity contribution in [3.05, 3.63) is 20.8 Å². The topological polar surface area (TPSA) is 90.0 Å². The van der Waals surface area contributed by atoms with Crippen molar-refractivity contribution in [3.63, 3.8) is 0 Å². The molecule has 8 nitrogen and oxygen atoms in total. The minimum absolute atomic E-state index is 0.170. The molecule has 1 saturated carbocycles. The summed E-state index contributed by atoms with van der Waals surface area (Å²) < 4.78 is 0.860. The summed E-state index contributed by atoms with van der Waals surface area (Å²) in [4.78, 5) is 55.2. The second kappa shape index (κ2) is 7.14. The summed E-state index contributed by atoms with van der Waals surface area (Å²) in [6, 6.07) is 3.04. The first kappa shape index (κ1) is 19.4. The Morgan fingerprint density at radius 3 is 2.39 bits per heavy atom. The Bertz CT molecular complexity index is 846. The summed E-state index contributed by atoms with van der Waals surface area (Å²) in [5, 5.41) is 2.71. The van der Waals surface area contributed by atoms with E-state index >= 15 is 0 Å². The van der Waals surface area contributed by atoms with E-state index in [1.807, 2.05) is 6.07 Å². The van der Waals surface area contributed by atoms with Crippen LogP contribution < -0.4 is 5.32 Å². The molecule has 1 aromatic rings. The van der Waals surface area contributed by atoms with Gasteiger partial charge < -0.3 is 15.1 Å². The highest BCUT2D eigenvalue weighted by molar-refractivity contribution is 9.11. The monoisotopic (exact) mass is 468 g/mol. The molecule has 150 valence electrons. The molecular weight excluding hydrogens is 448 g/mol. The van der Waals surface area contributed by atoms with Gasteiger partial charge in [0.1, 0.15) is 6.54 Å². The number of piperazine rings is 1. The summed E-state index contributed by atoms with van der Waals surface area (Å²) in [5.41, 5.74) is -1.16. The van der Waals surface area contributed by atoms with Crippen molar-refractivity contribution in [1.82, 2.24) is 20.0 Å². The van der Waals surface area contributed by atoms with Gasteiger partial charge in [-0.2, -0.15) is 0 Å². The fraction of sp³-hybridized carbons (Fsp3) is 0.556. The molecule has 1 aromatic heterocycles. The lowest BCUT2D eigenvalue weighted by Crippen LogP contribution is -2.53. The third-order valence-corrected chi connectivity index (χ3v) is 7.35. The molecule has 0 aromatic carbocycles. The van der Waals surface area contributed by atoms with Crippen molar-refractivity contribution >= 4 is 51.0 Å². The number of carbonyl (C=O) groups excluding carboxylic acids is 4. The number of amides is 5. The van der Waals surface area contributed by atoms with E-state index in [2.05, 4.69) is 21.2 Å². The van der Waals surface area contributed by atoms with Gasteiger partial charge in [0.25, 0.3) is 5.91 Å². The van der Waals surface area contributed by atoms with Crippen molar-refractivity contribution in [1.29, 1.82) is 0 Å². The zero-order valence-corrected chi connectivity index (χ0v) is 17.8. The van der Waals surface area contributed by atoms with Gasteiger partial charge in [0.15, 0.2) is 5.54 Å². The number of nitrogens with one attached hydrogen (secondary N) is 1. The van der Waals surface area contributed by atoms with Crippen molar-refractivity contribution < 1.29 is 19.2 Å². The van der Waals surface area contributed by atoms with Gasteiger partial charge in [-0.25, -0.2) is 4.79 Å². The molecule has 0 spiro atoms. The second-order valence-electron chi connectivity index (χ2n) is 7.53. The van der Waals surface area contributed by atoms with Crippen molar-refractivity contribution in [2.75, 3.05) is 32.7 Å². The lowest BCUT2D eigenvalue weighted by molar-refractivity contribution is -0.142. The largest absolute Gasteiger partial charge is 0.339 e. The van der Waals surface area contributed by atoms with Gasteiger partial charge in [-0.15, -0.1) is 11.3 Å². The highest BCUT2D eigenvalue weighted by atomic mass is 79.9. The molecule has 4 rings (SSSR count). The molecule has 2 aliphatic heterocycles. The van der Waals surface area contributed by atoms with Crippen LogP contribution in [0.15, 0.2) is 15.9 Å². The number of nitrogens with zero attached hydrogens (tertiary/aromatic N) is 3. The number of thiophene rings is 1. The van der Waals surface area contributed by atoms with Gasteiger partial charge in [-0.1, -0.05) is 0 Å². The molecule has 1 unspecified atom stereocenters. The predicted octanol–water partition coefficient (Wildman–Crippen LogP) is 1.36. The standard InChI is InChI=1S/C18H21BrN4O4S/c1-18(12-4-5-13(19)28-12)16(26)23(17(27)20-18)10-14(24)21-6-8-22(9-7-21)15(25)11-2-3-11/h4-5,11H,2-3,6-10H2,1H3,(H,20,27). The second-order valence-corrected chi connectivity index (χ2v) is 9.99. The Hall–Kier alpha value is -1.94. The Balaban J connectivity index is 1.37. The molecule has 2 saturated heterocycles. The number of hydrogen-bond donors (Lipinski definition) is 1. The van der Waals surface area contributed by atoms with Crippen LogP contribution in [0.25, 0.3) is 0 Å². The average molecular weight is 469 g/mol. The van der Waals surface area contributed by atoms with Crippen molar-refractivity contribution in [2.24, 2.45) is 5.92 Å². The fourth-order valence-corrected chi connectivity index (χ4v) is 5.07. The molecule has 3 aliphatic rings. The van der Waals surface area contributed by atoms with E-state index in [4.69, 9.17) is 0 Å². The van der Waals surface area contributed by atoms with Crippen LogP contribution in [0.5, 0.6) is 0 Å². The van der Waals surface area contributed by atoms with E-state index in [-0.39, 0.29) is 24.3 Å². The molecule has 0 bridgehead atoms. The lowest BCUT2D eigenvalue weighted by atomic mass is 10.0. The highest BCUT2D eigenvalue weighted by Crippen LogP contribution is 2.35. The number of hydrogen-bond acceptors (Lipinski definition) is 5. The molecule has 1 N–H and O–H groups in total. The van der Waals surface area contributed by atoms with Crippen LogP contribution in [-0.4, -0.2) is 71.2 Å².